The van der Waals surface area contributed by atoms with Crippen molar-refractivity contribution >= 4 is 11.5 Å². The first-order valence-corrected chi connectivity index (χ1v) is 9.60. The number of hydrogen-bond acceptors (Lipinski definition) is 2. The van der Waals surface area contributed by atoms with Crippen LogP contribution >= 0.6 is 0 Å². The van der Waals surface area contributed by atoms with Crippen molar-refractivity contribution < 1.29 is 9.53 Å². The van der Waals surface area contributed by atoms with Crippen LogP contribution in [0.3, 0.4) is 0 Å². The van der Waals surface area contributed by atoms with Gasteiger partial charge >= 0.3 is 5.97 Å². The van der Waals surface area contributed by atoms with Crippen LogP contribution in [0.5, 0.6) is 0 Å². The molecule has 2 aromatic carbocycles. The Labute approximate surface area is 162 Å². The maximum Gasteiger partial charge on any atom is 0.336 e. The van der Waals surface area contributed by atoms with Crippen molar-refractivity contribution in [2.75, 3.05) is 6.61 Å². The molecule has 27 heavy (non-hydrogen) atoms. The SMILES string of the molecule is [C-]#[N+]C(C(=O)OCC(CC)CCCC)=C(c1ccccc1)c1ccccc1. The van der Waals surface area contributed by atoms with E-state index in [1.165, 1.54) is 0 Å². The fourth-order valence-electron chi connectivity index (χ4n) is 3.01. The monoisotopic (exact) mass is 361 g/mol. The molecule has 0 bridgehead atoms. The molecule has 3 heteroatoms. The molecule has 0 heterocycles. The van der Waals surface area contributed by atoms with Crippen LogP contribution in [0, 0.1) is 12.5 Å². The number of carbonyl (C=O) groups excluding carboxylic acids is 1. The first kappa shape index (κ1) is 20.5. The molecule has 0 amide bonds. The molecular weight excluding hydrogens is 334 g/mol. The van der Waals surface area contributed by atoms with Crippen LogP contribution in [-0.4, -0.2) is 12.6 Å². The van der Waals surface area contributed by atoms with Gasteiger partial charge in [-0.15, -0.1) is 0 Å². The Morgan fingerprint density at radius 1 is 1.00 bits per heavy atom. The Balaban J connectivity index is 2.33. The van der Waals surface area contributed by atoms with E-state index in [2.05, 4.69) is 18.7 Å². The summed E-state index contributed by atoms with van der Waals surface area (Å²) < 4.78 is 5.56. The van der Waals surface area contributed by atoms with Gasteiger partial charge in [0.15, 0.2) is 0 Å². The van der Waals surface area contributed by atoms with Gasteiger partial charge in [-0.3, -0.25) is 4.79 Å². The van der Waals surface area contributed by atoms with Crippen molar-refractivity contribution in [1.29, 1.82) is 0 Å². The van der Waals surface area contributed by atoms with Gasteiger partial charge in [-0.2, -0.15) is 0 Å². The highest BCUT2D eigenvalue weighted by Crippen LogP contribution is 2.28. The summed E-state index contributed by atoms with van der Waals surface area (Å²) in [5.41, 5.74) is 2.34. The third kappa shape index (κ3) is 5.82. The molecule has 0 aliphatic heterocycles. The molecule has 3 nitrogen and oxygen atoms in total. The number of benzene rings is 2. The Bertz CT molecular complexity index is 747. The highest BCUT2D eigenvalue weighted by Gasteiger charge is 2.21. The van der Waals surface area contributed by atoms with E-state index in [0.29, 0.717) is 18.1 Å². The molecule has 140 valence electrons. The van der Waals surface area contributed by atoms with Gasteiger partial charge in [0.05, 0.1) is 13.2 Å². The second-order valence-electron chi connectivity index (χ2n) is 6.58. The lowest BCUT2D eigenvalue weighted by Gasteiger charge is -2.16. The van der Waals surface area contributed by atoms with Gasteiger partial charge < -0.3 is 4.74 Å². The van der Waals surface area contributed by atoms with Crippen LogP contribution in [0.15, 0.2) is 66.4 Å². The van der Waals surface area contributed by atoms with Crippen LogP contribution in [-0.2, 0) is 9.53 Å². The lowest BCUT2D eigenvalue weighted by molar-refractivity contribution is -0.140. The molecule has 1 atom stereocenters. The fraction of sp³-hybridized carbons (Fsp3) is 0.333. The van der Waals surface area contributed by atoms with Gasteiger partial charge in [-0.05, 0) is 23.5 Å². The number of hydrogen-bond donors (Lipinski definition) is 0. The van der Waals surface area contributed by atoms with Gasteiger partial charge in [-0.1, -0.05) is 93.8 Å². The summed E-state index contributed by atoms with van der Waals surface area (Å²) in [5, 5.41) is 0. The standard InChI is InChI=1S/C24H27NO2/c1-4-6-13-19(5-2)18-27-24(26)23(25-3)22(20-14-9-7-10-15-20)21-16-11-8-12-17-21/h7-12,14-17,19H,4-6,13,18H2,1-2H3. The minimum Gasteiger partial charge on any atom is -0.470 e. The average Bonchev–Trinajstić information content (AvgIpc) is 2.73. The lowest BCUT2D eigenvalue weighted by atomic mass is 9.96. The maximum atomic E-state index is 12.8. The summed E-state index contributed by atoms with van der Waals surface area (Å²) in [6, 6.07) is 19.1. The predicted molar refractivity (Wildman–Crippen MR) is 110 cm³/mol. The Morgan fingerprint density at radius 2 is 1.56 bits per heavy atom. The van der Waals surface area contributed by atoms with Gasteiger partial charge in [0.25, 0.3) is 5.70 Å². The summed E-state index contributed by atoms with van der Waals surface area (Å²) >= 11 is 0. The number of unbranched alkanes of at least 4 members (excludes halogenated alkanes) is 1. The predicted octanol–water partition coefficient (Wildman–Crippen LogP) is 6.12. The normalized spacial score (nSPS) is 11.3. The number of rotatable bonds is 9. The molecular formula is C24H27NO2. The highest BCUT2D eigenvalue weighted by molar-refractivity contribution is 6.03. The summed E-state index contributed by atoms with van der Waals surface area (Å²) in [6.45, 7) is 12.3. The Kier molecular flexibility index (Phi) is 8.32. The Hall–Kier alpha value is -2.86. The minimum absolute atomic E-state index is 0.0396. The zero-order chi connectivity index (χ0) is 19.5. The summed E-state index contributed by atoms with van der Waals surface area (Å²) in [5.74, 6) is -0.194. The highest BCUT2D eigenvalue weighted by atomic mass is 16.5. The third-order valence-corrected chi connectivity index (χ3v) is 4.66. The largest absolute Gasteiger partial charge is 0.470 e. The van der Waals surface area contributed by atoms with E-state index >= 15 is 0 Å². The minimum atomic E-state index is -0.539. The molecule has 2 rings (SSSR count). The van der Waals surface area contributed by atoms with E-state index in [4.69, 9.17) is 11.3 Å². The first-order chi connectivity index (χ1) is 13.2. The van der Waals surface area contributed by atoms with E-state index in [0.717, 1.165) is 36.8 Å². The second kappa shape index (κ2) is 11.0. The number of esters is 1. The van der Waals surface area contributed by atoms with Crippen LogP contribution < -0.4 is 0 Å². The van der Waals surface area contributed by atoms with Gasteiger partial charge in [-0.25, -0.2) is 4.85 Å². The molecule has 0 aromatic heterocycles. The van der Waals surface area contributed by atoms with E-state index in [9.17, 15) is 4.79 Å². The van der Waals surface area contributed by atoms with Crippen molar-refractivity contribution in [3.8, 4) is 0 Å². The molecule has 0 aliphatic carbocycles. The topological polar surface area (TPSA) is 30.7 Å². The molecule has 0 saturated carbocycles. The summed E-state index contributed by atoms with van der Waals surface area (Å²) in [4.78, 5) is 16.3. The molecule has 2 aromatic rings. The number of nitrogens with zero attached hydrogens (tertiary/aromatic N) is 1. The fourth-order valence-corrected chi connectivity index (χ4v) is 3.01. The van der Waals surface area contributed by atoms with Crippen LogP contribution in [0.25, 0.3) is 10.4 Å². The quantitative estimate of drug-likeness (QED) is 0.306. The maximum absolute atomic E-state index is 12.8. The lowest BCUT2D eigenvalue weighted by Crippen LogP contribution is -2.15. The number of ether oxygens (including phenoxy) is 1. The molecule has 0 fully saturated rings. The van der Waals surface area contributed by atoms with Crippen molar-refractivity contribution in [3.63, 3.8) is 0 Å². The van der Waals surface area contributed by atoms with Crippen LogP contribution in [0.4, 0.5) is 0 Å². The van der Waals surface area contributed by atoms with Gasteiger partial charge in [0, 0.05) is 5.57 Å². The zero-order valence-corrected chi connectivity index (χ0v) is 16.2. The molecule has 0 spiro atoms. The average molecular weight is 361 g/mol. The van der Waals surface area contributed by atoms with Crippen molar-refractivity contribution in [2.45, 2.75) is 39.5 Å². The molecule has 1 unspecified atom stereocenters. The molecule has 0 radical (unpaired) electrons. The second-order valence-corrected chi connectivity index (χ2v) is 6.58. The molecule has 0 aliphatic rings. The zero-order valence-electron chi connectivity index (χ0n) is 16.2. The van der Waals surface area contributed by atoms with Crippen molar-refractivity contribution in [1.82, 2.24) is 0 Å². The van der Waals surface area contributed by atoms with Gasteiger partial charge in [0.1, 0.15) is 0 Å². The van der Waals surface area contributed by atoms with E-state index in [1.807, 2.05) is 60.7 Å². The first-order valence-electron chi connectivity index (χ1n) is 9.60. The third-order valence-electron chi connectivity index (χ3n) is 4.66. The van der Waals surface area contributed by atoms with Crippen LogP contribution in [0.1, 0.15) is 50.7 Å². The van der Waals surface area contributed by atoms with Crippen LogP contribution in [0.2, 0.25) is 0 Å². The summed E-state index contributed by atoms with van der Waals surface area (Å²) in [7, 11) is 0. The van der Waals surface area contributed by atoms with Crippen molar-refractivity contribution in [2.24, 2.45) is 5.92 Å². The molecule has 0 saturated heterocycles. The summed E-state index contributed by atoms with van der Waals surface area (Å²) in [6.07, 6.45) is 4.26. The van der Waals surface area contributed by atoms with E-state index in [1.54, 1.807) is 0 Å². The van der Waals surface area contributed by atoms with E-state index in [-0.39, 0.29) is 5.70 Å². The number of carbonyl (C=O) groups is 1. The van der Waals surface area contributed by atoms with Crippen molar-refractivity contribution in [3.05, 3.63) is 88.9 Å². The smallest absolute Gasteiger partial charge is 0.336 e. The molecule has 0 N–H and O–H groups in total. The van der Waals surface area contributed by atoms with Gasteiger partial charge in [0.2, 0.25) is 0 Å². The van der Waals surface area contributed by atoms with E-state index < -0.39 is 5.97 Å². The Morgan fingerprint density at radius 3 is 2.00 bits per heavy atom.